The second-order valence-corrected chi connectivity index (χ2v) is 4.43. The first-order valence-corrected chi connectivity index (χ1v) is 4.49. The van der Waals surface area contributed by atoms with Crippen LogP contribution in [0.15, 0.2) is 0 Å². The lowest BCUT2D eigenvalue weighted by molar-refractivity contribution is -0.323. The Labute approximate surface area is 86.2 Å². The molecule has 1 unspecified atom stereocenters. The van der Waals surface area contributed by atoms with Crippen molar-refractivity contribution in [1.29, 1.82) is 0 Å². The Morgan fingerprint density at radius 3 is 1.75 bits per heavy atom. The Hall–Kier alpha value is 0.570. The highest BCUT2D eigenvalue weighted by Crippen LogP contribution is 2.29. The Bertz CT molecular complexity index is 135. The monoisotopic (exact) mass is 290 g/mol. The van der Waals surface area contributed by atoms with Gasteiger partial charge in [-0.25, -0.2) is 0 Å². The smallest absolute Gasteiger partial charge is 0.277 e. The van der Waals surface area contributed by atoms with Gasteiger partial charge in [0.15, 0.2) is 0 Å². The van der Waals surface area contributed by atoms with Gasteiger partial charge >= 0.3 is 0 Å². The minimum atomic E-state index is -2.65. The van der Waals surface area contributed by atoms with Crippen molar-refractivity contribution >= 4 is 23.0 Å². The van der Waals surface area contributed by atoms with Crippen LogP contribution >= 0.6 is 23.0 Å². The van der Waals surface area contributed by atoms with E-state index in [9.17, 15) is 0 Å². The largest absolute Gasteiger partial charge is 0.344 e. The lowest BCUT2D eigenvalue weighted by atomic mass is 9.87. The zero-order chi connectivity index (χ0) is 9.99. The van der Waals surface area contributed by atoms with E-state index < -0.39 is 12.1 Å². The van der Waals surface area contributed by atoms with Crippen LogP contribution in [0.25, 0.3) is 0 Å². The molecule has 74 valence electrons. The first-order valence-electron chi connectivity index (χ1n) is 3.61. The minimum absolute atomic E-state index is 0.223. The Morgan fingerprint density at radius 1 is 1.25 bits per heavy atom. The standard InChI is InChI=1S/C7H15IO4/c1-6(2,3)5(12-8)4-7(9,10)11/h5,9-11H,4H2,1-3H3. The third-order valence-electron chi connectivity index (χ3n) is 1.53. The van der Waals surface area contributed by atoms with Crippen molar-refractivity contribution in [3.8, 4) is 0 Å². The van der Waals surface area contributed by atoms with Gasteiger partial charge in [0.1, 0.15) is 23.0 Å². The van der Waals surface area contributed by atoms with Gasteiger partial charge in [-0.1, -0.05) is 20.8 Å². The van der Waals surface area contributed by atoms with E-state index >= 15 is 0 Å². The molecule has 0 aromatic carbocycles. The molecule has 0 aliphatic heterocycles. The van der Waals surface area contributed by atoms with E-state index in [0.29, 0.717) is 0 Å². The van der Waals surface area contributed by atoms with E-state index in [1.165, 1.54) is 0 Å². The van der Waals surface area contributed by atoms with Crippen molar-refractivity contribution in [1.82, 2.24) is 0 Å². The predicted octanol–water partition coefficient (Wildman–Crippen LogP) is 0.788. The summed E-state index contributed by atoms with van der Waals surface area (Å²) in [5.41, 5.74) is -0.235. The Morgan fingerprint density at radius 2 is 1.67 bits per heavy atom. The van der Waals surface area contributed by atoms with Crippen LogP contribution in [0.1, 0.15) is 27.2 Å². The van der Waals surface area contributed by atoms with Crippen molar-refractivity contribution in [2.45, 2.75) is 39.3 Å². The highest BCUT2D eigenvalue weighted by atomic mass is 127. The third kappa shape index (κ3) is 5.26. The van der Waals surface area contributed by atoms with Crippen molar-refractivity contribution in [3.63, 3.8) is 0 Å². The summed E-state index contributed by atoms with van der Waals surface area (Å²) in [6, 6.07) is 0. The van der Waals surface area contributed by atoms with Crippen LogP contribution in [0.5, 0.6) is 0 Å². The van der Waals surface area contributed by atoms with Crippen molar-refractivity contribution < 1.29 is 18.4 Å². The molecule has 0 aromatic heterocycles. The van der Waals surface area contributed by atoms with Gasteiger partial charge in [-0.2, -0.15) is 0 Å². The summed E-state index contributed by atoms with van der Waals surface area (Å²) in [5, 5.41) is 26.1. The van der Waals surface area contributed by atoms with Crippen molar-refractivity contribution in [3.05, 3.63) is 0 Å². The van der Waals surface area contributed by atoms with E-state index in [2.05, 4.69) is 0 Å². The van der Waals surface area contributed by atoms with Crippen LogP contribution in [0.4, 0.5) is 0 Å². The van der Waals surface area contributed by atoms with Gasteiger partial charge in [0.25, 0.3) is 5.97 Å². The molecule has 12 heavy (non-hydrogen) atoms. The first-order chi connectivity index (χ1) is 5.17. The summed E-state index contributed by atoms with van der Waals surface area (Å²) in [6.45, 7) is 5.67. The molecule has 0 heterocycles. The first kappa shape index (κ1) is 12.6. The molecule has 0 radical (unpaired) electrons. The van der Waals surface area contributed by atoms with Gasteiger partial charge in [-0.05, 0) is 5.41 Å². The van der Waals surface area contributed by atoms with E-state index in [4.69, 9.17) is 18.4 Å². The molecule has 0 bridgehead atoms. The fourth-order valence-electron chi connectivity index (χ4n) is 0.720. The fraction of sp³-hybridized carbons (Fsp3) is 1.00. The second kappa shape index (κ2) is 4.19. The third-order valence-corrected chi connectivity index (χ3v) is 2.15. The topological polar surface area (TPSA) is 69.9 Å². The zero-order valence-corrected chi connectivity index (χ0v) is 9.57. The van der Waals surface area contributed by atoms with E-state index in [1.54, 1.807) is 23.0 Å². The van der Waals surface area contributed by atoms with Gasteiger partial charge in [0.05, 0.1) is 12.5 Å². The summed E-state index contributed by atoms with van der Waals surface area (Å²) in [4.78, 5) is 0. The average Bonchev–Trinajstić information content (AvgIpc) is 1.78. The fourth-order valence-corrected chi connectivity index (χ4v) is 1.66. The van der Waals surface area contributed by atoms with E-state index in [1.807, 2.05) is 20.8 Å². The minimum Gasteiger partial charge on any atom is -0.344 e. The molecule has 0 saturated heterocycles. The number of halogens is 1. The van der Waals surface area contributed by atoms with E-state index in [-0.39, 0.29) is 11.8 Å². The van der Waals surface area contributed by atoms with Gasteiger partial charge in [-0.15, -0.1) is 0 Å². The highest BCUT2D eigenvalue weighted by molar-refractivity contribution is 14.1. The lowest BCUT2D eigenvalue weighted by Gasteiger charge is -2.30. The molecular weight excluding hydrogens is 275 g/mol. The van der Waals surface area contributed by atoms with Gasteiger partial charge < -0.3 is 18.4 Å². The van der Waals surface area contributed by atoms with Crippen molar-refractivity contribution in [2.24, 2.45) is 5.41 Å². The number of rotatable bonds is 3. The molecule has 0 fully saturated rings. The molecule has 0 rings (SSSR count). The molecular formula is C7H15IO4. The lowest BCUT2D eigenvalue weighted by Crippen LogP contribution is -2.38. The number of hydrogen-bond donors (Lipinski definition) is 3. The predicted molar refractivity (Wildman–Crippen MR) is 52.4 cm³/mol. The molecule has 0 aromatic rings. The van der Waals surface area contributed by atoms with Crippen LogP contribution in [-0.2, 0) is 3.07 Å². The summed E-state index contributed by atoms with van der Waals surface area (Å²) >= 11 is 1.68. The summed E-state index contributed by atoms with van der Waals surface area (Å²) < 4.78 is 4.98. The van der Waals surface area contributed by atoms with Crippen molar-refractivity contribution in [2.75, 3.05) is 0 Å². The van der Waals surface area contributed by atoms with Gasteiger partial charge in [0.2, 0.25) is 0 Å². The van der Waals surface area contributed by atoms with Crippen LogP contribution in [0.3, 0.4) is 0 Å². The number of aliphatic hydroxyl groups is 3. The van der Waals surface area contributed by atoms with E-state index in [0.717, 1.165) is 0 Å². The van der Waals surface area contributed by atoms with Crippen LogP contribution in [0, 0.1) is 5.41 Å². The SMILES string of the molecule is CC(C)(C)C(CC(O)(O)O)OI. The zero-order valence-electron chi connectivity index (χ0n) is 7.41. The highest BCUT2D eigenvalue weighted by Gasteiger charge is 2.33. The normalized spacial score (nSPS) is 16.2. The Balaban J connectivity index is 4.20. The van der Waals surface area contributed by atoms with Gasteiger partial charge in [0, 0.05) is 0 Å². The maximum absolute atomic E-state index is 8.71. The summed E-state index contributed by atoms with van der Waals surface area (Å²) in [7, 11) is 0. The van der Waals surface area contributed by atoms with Crippen LogP contribution < -0.4 is 0 Å². The maximum atomic E-state index is 8.71. The summed E-state index contributed by atoms with van der Waals surface area (Å²) in [5.74, 6) is -2.65. The number of hydrogen-bond acceptors (Lipinski definition) is 4. The molecule has 4 nitrogen and oxygen atoms in total. The Kier molecular flexibility index (Phi) is 4.39. The van der Waals surface area contributed by atoms with Crippen LogP contribution in [-0.4, -0.2) is 27.4 Å². The quantitative estimate of drug-likeness (QED) is 0.531. The molecule has 5 heteroatoms. The summed E-state index contributed by atoms with van der Waals surface area (Å²) in [6.07, 6.45) is -0.627. The molecule has 0 saturated carbocycles. The average molecular weight is 290 g/mol. The molecule has 0 aliphatic rings. The molecule has 0 spiro atoms. The molecule has 3 N–H and O–H groups in total. The molecule has 1 atom stereocenters. The van der Waals surface area contributed by atoms with Gasteiger partial charge in [-0.3, -0.25) is 0 Å². The van der Waals surface area contributed by atoms with Crippen LogP contribution in [0.2, 0.25) is 0 Å². The maximum Gasteiger partial charge on any atom is 0.277 e. The molecule has 0 amide bonds. The second-order valence-electron chi connectivity index (χ2n) is 3.92. The molecule has 0 aliphatic carbocycles.